The van der Waals surface area contributed by atoms with Gasteiger partial charge in [0.15, 0.2) is 23.1 Å². The summed E-state index contributed by atoms with van der Waals surface area (Å²) in [6, 6.07) is 9.15. The maximum Gasteiger partial charge on any atom is 0.534 e. The molecule has 0 saturated heterocycles. The van der Waals surface area contributed by atoms with E-state index < -0.39 is 51.7 Å². The number of benzene rings is 1. The predicted octanol–water partition coefficient (Wildman–Crippen LogP) is 4.52. The number of ether oxygens (including phenoxy) is 1. The summed E-state index contributed by atoms with van der Waals surface area (Å²) in [4.78, 5) is 29.4. The van der Waals surface area contributed by atoms with Crippen LogP contribution in [0.25, 0.3) is 22.4 Å². The van der Waals surface area contributed by atoms with Crippen molar-refractivity contribution in [1.82, 2.24) is 23.7 Å². The standard InChI is InChI=1S/C29H26F2N6O7S/c1-16-5-7-20(8-6-16)45(41,42)36-15-22(21-11-17(30)13-33-28(21)36)26-32-14-23(31)27(35-26)34-18-3-2-4-19(12-18)43-29(40)44-37-24(38)9-10-25(37)39/h5-11,13-15,18-19,38-39H,2-4,12H2,1H3,(H,32,34,35)/t18-,19+/m0/s1. The molecule has 4 aromatic heterocycles. The third kappa shape index (κ3) is 5.95. The van der Waals surface area contributed by atoms with Gasteiger partial charge in [-0.25, -0.2) is 40.9 Å². The van der Waals surface area contributed by atoms with Gasteiger partial charge in [-0.2, -0.15) is 0 Å². The Kier molecular flexibility index (Phi) is 7.74. The van der Waals surface area contributed by atoms with E-state index in [1.165, 1.54) is 18.3 Å². The Bertz CT molecular complexity index is 1990. The summed E-state index contributed by atoms with van der Waals surface area (Å²) in [6.07, 6.45) is 3.16. The fraction of sp³-hybridized carbons (Fsp3) is 0.241. The lowest BCUT2D eigenvalue weighted by Gasteiger charge is -2.29. The Balaban J connectivity index is 1.25. The molecule has 1 fully saturated rings. The van der Waals surface area contributed by atoms with E-state index in [2.05, 4.69) is 20.3 Å². The minimum absolute atomic E-state index is 0.00929. The summed E-state index contributed by atoms with van der Waals surface area (Å²) in [7, 11) is -4.16. The van der Waals surface area contributed by atoms with Gasteiger partial charge in [0.1, 0.15) is 11.9 Å². The topological polar surface area (TPSA) is 171 Å². The van der Waals surface area contributed by atoms with Crippen LogP contribution in [0, 0.1) is 18.6 Å². The second-order valence-electron chi connectivity index (χ2n) is 10.5. The lowest BCUT2D eigenvalue weighted by atomic mass is 9.93. The first-order chi connectivity index (χ1) is 21.5. The van der Waals surface area contributed by atoms with Gasteiger partial charge in [0.2, 0.25) is 11.8 Å². The van der Waals surface area contributed by atoms with Crippen LogP contribution in [0.5, 0.6) is 11.8 Å². The molecule has 6 rings (SSSR count). The summed E-state index contributed by atoms with van der Waals surface area (Å²) in [5.74, 6) is -2.78. The molecule has 0 unspecified atom stereocenters. The summed E-state index contributed by atoms with van der Waals surface area (Å²) in [5, 5.41) is 22.4. The van der Waals surface area contributed by atoms with Crippen LogP contribution in [0.15, 0.2) is 66.0 Å². The van der Waals surface area contributed by atoms with Crippen molar-refractivity contribution in [3.8, 4) is 23.1 Å². The molecular weight excluding hydrogens is 614 g/mol. The zero-order valence-corrected chi connectivity index (χ0v) is 24.4. The highest BCUT2D eigenvalue weighted by Gasteiger charge is 2.29. The molecule has 3 N–H and O–H groups in total. The quantitative estimate of drug-likeness (QED) is 0.214. The number of rotatable bonds is 7. The molecular formula is C29H26F2N6O7S. The molecule has 13 nitrogen and oxygen atoms in total. The number of nitrogens with one attached hydrogen (secondary N) is 1. The van der Waals surface area contributed by atoms with Crippen molar-refractivity contribution in [1.29, 1.82) is 0 Å². The van der Waals surface area contributed by atoms with Crippen LogP contribution < -0.4 is 10.2 Å². The zero-order valence-electron chi connectivity index (χ0n) is 23.6. The summed E-state index contributed by atoms with van der Waals surface area (Å²) >= 11 is 0. The highest BCUT2D eigenvalue weighted by Crippen LogP contribution is 2.32. The third-order valence-corrected chi connectivity index (χ3v) is 9.00. The zero-order chi connectivity index (χ0) is 31.9. The van der Waals surface area contributed by atoms with Crippen molar-refractivity contribution >= 4 is 33.0 Å². The highest BCUT2D eigenvalue weighted by atomic mass is 32.2. The van der Waals surface area contributed by atoms with Crippen molar-refractivity contribution < 1.29 is 41.8 Å². The van der Waals surface area contributed by atoms with Crippen molar-refractivity contribution in [2.24, 2.45) is 0 Å². The number of hydrogen-bond acceptors (Lipinski definition) is 11. The number of halogens is 2. The number of nitrogens with zero attached hydrogens (tertiary/aromatic N) is 5. The van der Waals surface area contributed by atoms with Gasteiger partial charge in [-0.3, -0.25) is 4.84 Å². The van der Waals surface area contributed by atoms with E-state index in [-0.39, 0.29) is 39.6 Å². The monoisotopic (exact) mass is 640 g/mol. The summed E-state index contributed by atoms with van der Waals surface area (Å²) in [5.41, 5.74) is 0.912. The normalized spacial score (nSPS) is 16.9. The SMILES string of the molecule is Cc1ccc(S(=O)(=O)n2cc(-c3ncc(F)c(N[C@H]4CCC[C@@H](OC(=O)On5c(O)ccc5O)C4)n3)c3cc(F)cnc32)cc1. The summed E-state index contributed by atoms with van der Waals surface area (Å²) < 4.78 is 63.1. The van der Waals surface area contributed by atoms with Gasteiger partial charge in [0.05, 0.1) is 17.3 Å². The van der Waals surface area contributed by atoms with E-state index >= 15 is 0 Å². The van der Waals surface area contributed by atoms with Gasteiger partial charge in [-0.05, 0) is 44.4 Å². The molecule has 1 aliphatic rings. The van der Waals surface area contributed by atoms with E-state index in [4.69, 9.17) is 9.57 Å². The Morgan fingerprint density at radius 1 is 1.04 bits per heavy atom. The number of aromatic nitrogens is 5. The highest BCUT2D eigenvalue weighted by molar-refractivity contribution is 7.90. The maximum absolute atomic E-state index is 14.9. The van der Waals surface area contributed by atoms with Crippen molar-refractivity contribution in [3.05, 3.63) is 78.3 Å². The number of pyridine rings is 1. The number of aryl methyl sites for hydroxylation is 1. The Hall–Kier alpha value is -5.25. The van der Waals surface area contributed by atoms with E-state index in [0.29, 0.717) is 24.0 Å². The molecule has 0 aliphatic heterocycles. The molecule has 45 heavy (non-hydrogen) atoms. The largest absolute Gasteiger partial charge is 0.534 e. The first-order valence-electron chi connectivity index (χ1n) is 13.8. The first kappa shape index (κ1) is 29.8. The minimum Gasteiger partial charge on any atom is -0.492 e. The molecule has 16 heteroatoms. The van der Waals surface area contributed by atoms with Gasteiger partial charge >= 0.3 is 6.16 Å². The minimum atomic E-state index is -4.16. The molecule has 0 spiro atoms. The summed E-state index contributed by atoms with van der Waals surface area (Å²) in [6.45, 7) is 1.82. The molecule has 0 amide bonds. The van der Waals surface area contributed by atoms with Crippen LogP contribution in [0.3, 0.4) is 0 Å². The number of anilines is 1. The fourth-order valence-electron chi connectivity index (χ4n) is 5.14. The van der Waals surface area contributed by atoms with Crippen molar-refractivity contribution in [3.63, 3.8) is 0 Å². The average molecular weight is 641 g/mol. The Labute approximate surface area is 254 Å². The molecule has 0 radical (unpaired) electrons. The lowest BCUT2D eigenvalue weighted by Crippen LogP contribution is -2.35. The number of hydrogen-bond donors (Lipinski definition) is 3. The van der Waals surface area contributed by atoms with Crippen molar-refractivity contribution in [2.75, 3.05) is 5.32 Å². The molecule has 1 aromatic carbocycles. The number of fused-ring (bicyclic) bond motifs is 1. The van der Waals surface area contributed by atoms with Crippen LogP contribution in [0.2, 0.25) is 0 Å². The van der Waals surface area contributed by atoms with Crippen LogP contribution in [0.1, 0.15) is 31.2 Å². The molecule has 5 aromatic rings. The first-order valence-corrected chi connectivity index (χ1v) is 15.2. The van der Waals surface area contributed by atoms with E-state index in [1.807, 2.05) is 6.92 Å². The molecule has 234 valence electrons. The third-order valence-electron chi connectivity index (χ3n) is 7.33. The van der Waals surface area contributed by atoms with Crippen LogP contribution in [-0.2, 0) is 14.8 Å². The smallest absolute Gasteiger partial charge is 0.492 e. The molecule has 1 aliphatic carbocycles. The van der Waals surface area contributed by atoms with Gasteiger partial charge in [-0.1, -0.05) is 17.7 Å². The molecule has 4 heterocycles. The Morgan fingerprint density at radius 3 is 2.51 bits per heavy atom. The van der Waals surface area contributed by atoms with Crippen LogP contribution in [0.4, 0.5) is 19.4 Å². The van der Waals surface area contributed by atoms with Crippen LogP contribution >= 0.6 is 0 Å². The van der Waals surface area contributed by atoms with E-state index in [0.717, 1.165) is 40.1 Å². The lowest BCUT2D eigenvalue weighted by molar-refractivity contribution is -0.00206. The van der Waals surface area contributed by atoms with Crippen molar-refractivity contribution in [2.45, 2.75) is 49.6 Å². The maximum atomic E-state index is 14.9. The fourth-order valence-corrected chi connectivity index (χ4v) is 6.47. The Morgan fingerprint density at radius 2 is 1.78 bits per heavy atom. The second kappa shape index (κ2) is 11.7. The predicted molar refractivity (Wildman–Crippen MR) is 155 cm³/mol. The van der Waals surface area contributed by atoms with E-state index in [9.17, 15) is 32.2 Å². The molecule has 1 saturated carbocycles. The molecule has 0 bridgehead atoms. The number of aromatic hydroxyl groups is 2. The van der Waals surface area contributed by atoms with Gasteiger partial charge in [0.25, 0.3) is 10.0 Å². The van der Waals surface area contributed by atoms with E-state index in [1.54, 1.807) is 12.1 Å². The number of carbonyl (C=O) groups is 1. The number of carbonyl (C=O) groups excluding carboxylic acids is 1. The molecule has 2 atom stereocenters. The van der Waals surface area contributed by atoms with Gasteiger partial charge < -0.3 is 20.3 Å². The average Bonchev–Trinajstić information content (AvgIpc) is 3.54. The second-order valence-corrected chi connectivity index (χ2v) is 12.3. The van der Waals surface area contributed by atoms with Crippen LogP contribution in [-0.4, -0.2) is 60.6 Å². The van der Waals surface area contributed by atoms with Gasteiger partial charge in [-0.15, -0.1) is 4.73 Å². The van der Waals surface area contributed by atoms with Gasteiger partial charge in [0, 0.05) is 41.7 Å².